The predicted octanol–water partition coefficient (Wildman–Crippen LogP) is 3.69. The molecule has 0 saturated carbocycles. The van der Waals surface area contributed by atoms with Gasteiger partial charge in [-0.15, -0.1) is 0 Å². The number of anilines is 1. The van der Waals surface area contributed by atoms with E-state index in [2.05, 4.69) is 10.5 Å². The van der Waals surface area contributed by atoms with Crippen molar-refractivity contribution in [2.24, 2.45) is 5.10 Å². The molecule has 19 heavy (non-hydrogen) atoms. The fourth-order valence-electron chi connectivity index (χ4n) is 1.42. The van der Waals surface area contributed by atoms with Gasteiger partial charge in [-0.05, 0) is 35.9 Å². The van der Waals surface area contributed by atoms with Crippen LogP contribution in [-0.4, -0.2) is 11.1 Å². The van der Waals surface area contributed by atoms with E-state index in [1.54, 1.807) is 30.5 Å². The Bertz CT molecular complexity index is 612. The molecular formula is C13H10ClN3O2. The molecule has 0 unspecified atom stereocenters. The van der Waals surface area contributed by atoms with Crippen LogP contribution in [0.4, 0.5) is 11.4 Å². The summed E-state index contributed by atoms with van der Waals surface area (Å²) in [5, 5.41) is 15.1. The molecule has 2 aromatic rings. The molecule has 0 saturated heterocycles. The zero-order chi connectivity index (χ0) is 13.7. The second-order valence-corrected chi connectivity index (χ2v) is 4.17. The number of rotatable bonds is 4. The van der Waals surface area contributed by atoms with Gasteiger partial charge < -0.3 is 0 Å². The molecule has 6 heteroatoms. The van der Waals surface area contributed by atoms with E-state index in [9.17, 15) is 10.1 Å². The van der Waals surface area contributed by atoms with Gasteiger partial charge >= 0.3 is 0 Å². The van der Waals surface area contributed by atoms with Crippen molar-refractivity contribution < 1.29 is 4.92 Å². The van der Waals surface area contributed by atoms with E-state index in [-0.39, 0.29) is 5.69 Å². The number of nitrogens with one attached hydrogen (secondary N) is 1. The Balaban J connectivity index is 2.01. The molecule has 0 aliphatic rings. The van der Waals surface area contributed by atoms with Crippen molar-refractivity contribution in [2.75, 3.05) is 5.43 Å². The van der Waals surface area contributed by atoms with E-state index in [1.807, 2.05) is 12.1 Å². The van der Waals surface area contributed by atoms with Crippen LogP contribution in [0.15, 0.2) is 53.6 Å². The minimum atomic E-state index is -0.439. The maximum Gasteiger partial charge on any atom is 0.269 e. The summed E-state index contributed by atoms with van der Waals surface area (Å²) < 4.78 is 0. The smallest absolute Gasteiger partial charge is 0.269 e. The molecule has 0 fully saturated rings. The standard InChI is InChI=1S/C13H10ClN3O2/c14-11-2-1-3-12(8-11)16-15-9-10-4-6-13(7-5-10)17(18)19/h1-9,16H/b15-9+. The monoisotopic (exact) mass is 275 g/mol. The lowest BCUT2D eigenvalue weighted by Gasteiger charge is -1.99. The van der Waals surface area contributed by atoms with E-state index < -0.39 is 4.92 Å². The Morgan fingerprint density at radius 2 is 1.95 bits per heavy atom. The Morgan fingerprint density at radius 3 is 2.58 bits per heavy atom. The van der Waals surface area contributed by atoms with Gasteiger partial charge in [0.15, 0.2) is 0 Å². The number of nitrogens with zero attached hydrogens (tertiary/aromatic N) is 2. The normalized spacial score (nSPS) is 10.6. The van der Waals surface area contributed by atoms with Crippen LogP contribution < -0.4 is 5.43 Å². The number of hydrogen-bond donors (Lipinski definition) is 1. The first-order chi connectivity index (χ1) is 9.15. The van der Waals surface area contributed by atoms with Crippen LogP contribution in [0.2, 0.25) is 5.02 Å². The molecule has 1 N–H and O–H groups in total. The van der Waals surface area contributed by atoms with Gasteiger partial charge in [-0.3, -0.25) is 15.5 Å². The fraction of sp³-hybridized carbons (Fsp3) is 0. The summed E-state index contributed by atoms with van der Waals surface area (Å²) in [6, 6.07) is 13.3. The Kier molecular flexibility index (Phi) is 4.10. The minimum absolute atomic E-state index is 0.0555. The summed E-state index contributed by atoms with van der Waals surface area (Å²) in [6.07, 6.45) is 1.57. The second kappa shape index (κ2) is 5.97. The lowest BCUT2D eigenvalue weighted by atomic mass is 10.2. The molecule has 0 heterocycles. The van der Waals surface area contributed by atoms with Gasteiger partial charge in [-0.25, -0.2) is 0 Å². The summed E-state index contributed by atoms with van der Waals surface area (Å²) in [5.41, 5.74) is 4.41. The van der Waals surface area contributed by atoms with E-state index >= 15 is 0 Å². The maximum absolute atomic E-state index is 10.5. The number of benzene rings is 2. The molecule has 0 spiro atoms. The van der Waals surface area contributed by atoms with Crippen molar-refractivity contribution >= 4 is 29.2 Å². The molecule has 2 aromatic carbocycles. The van der Waals surface area contributed by atoms with Crippen molar-refractivity contribution in [1.82, 2.24) is 0 Å². The quantitative estimate of drug-likeness (QED) is 0.525. The average Bonchev–Trinajstić information content (AvgIpc) is 2.39. The molecule has 0 aromatic heterocycles. The molecule has 0 amide bonds. The molecule has 0 bridgehead atoms. The van der Waals surface area contributed by atoms with Crippen molar-refractivity contribution in [3.63, 3.8) is 0 Å². The summed E-state index contributed by atoms with van der Waals surface area (Å²) in [7, 11) is 0. The average molecular weight is 276 g/mol. The molecular weight excluding hydrogens is 266 g/mol. The van der Waals surface area contributed by atoms with E-state index in [4.69, 9.17) is 11.6 Å². The molecule has 0 atom stereocenters. The van der Waals surface area contributed by atoms with Crippen LogP contribution >= 0.6 is 11.6 Å². The zero-order valence-electron chi connectivity index (χ0n) is 9.79. The maximum atomic E-state index is 10.5. The zero-order valence-corrected chi connectivity index (χ0v) is 10.5. The number of nitro groups is 1. The lowest BCUT2D eigenvalue weighted by molar-refractivity contribution is -0.384. The van der Waals surface area contributed by atoms with Crippen LogP contribution in [-0.2, 0) is 0 Å². The van der Waals surface area contributed by atoms with Crippen LogP contribution in [0.3, 0.4) is 0 Å². The Morgan fingerprint density at radius 1 is 1.21 bits per heavy atom. The van der Waals surface area contributed by atoms with Gasteiger partial charge in [-0.2, -0.15) is 5.10 Å². The first-order valence-electron chi connectivity index (χ1n) is 5.44. The predicted molar refractivity (Wildman–Crippen MR) is 75.8 cm³/mol. The first kappa shape index (κ1) is 13.0. The third-order valence-corrected chi connectivity index (χ3v) is 2.57. The Hall–Kier alpha value is -2.40. The lowest BCUT2D eigenvalue weighted by Crippen LogP contribution is -1.91. The molecule has 96 valence electrons. The highest BCUT2D eigenvalue weighted by Gasteiger charge is 2.02. The topological polar surface area (TPSA) is 67.5 Å². The number of hydrogen-bond acceptors (Lipinski definition) is 4. The highest BCUT2D eigenvalue weighted by molar-refractivity contribution is 6.30. The van der Waals surface area contributed by atoms with Crippen molar-refractivity contribution in [1.29, 1.82) is 0 Å². The van der Waals surface area contributed by atoms with Gasteiger partial charge in [0.25, 0.3) is 5.69 Å². The van der Waals surface area contributed by atoms with E-state index in [1.165, 1.54) is 12.1 Å². The van der Waals surface area contributed by atoms with Gasteiger partial charge in [0.05, 0.1) is 16.8 Å². The number of hydrazone groups is 1. The second-order valence-electron chi connectivity index (χ2n) is 3.73. The fourth-order valence-corrected chi connectivity index (χ4v) is 1.61. The van der Waals surface area contributed by atoms with Gasteiger partial charge in [0, 0.05) is 17.2 Å². The third-order valence-electron chi connectivity index (χ3n) is 2.34. The number of halogens is 1. The summed E-state index contributed by atoms with van der Waals surface area (Å²) in [5.74, 6) is 0. The summed E-state index contributed by atoms with van der Waals surface area (Å²) in [4.78, 5) is 10.1. The van der Waals surface area contributed by atoms with Crippen molar-refractivity contribution in [2.45, 2.75) is 0 Å². The van der Waals surface area contributed by atoms with Crippen LogP contribution in [0.1, 0.15) is 5.56 Å². The van der Waals surface area contributed by atoms with E-state index in [0.29, 0.717) is 5.02 Å². The summed E-state index contributed by atoms with van der Waals surface area (Å²) >= 11 is 5.83. The van der Waals surface area contributed by atoms with Gasteiger partial charge in [-0.1, -0.05) is 17.7 Å². The number of nitro benzene ring substituents is 1. The molecule has 5 nitrogen and oxygen atoms in total. The van der Waals surface area contributed by atoms with Gasteiger partial charge in [0.1, 0.15) is 0 Å². The molecule has 2 rings (SSSR count). The van der Waals surface area contributed by atoms with Crippen LogP contribution in [0.25, 0.3) is 0 Å². The first-order valence-corrected chi connectivity index (χ1v) is 5.82. The Labute approximate surface area is 114 Å². The molecule has 0 radical (unpaired) electrons. The number of non-ortho nitro benzene ring substituents is 1. The van der Waals surface area contributed by atoms with Crippen molar-refractivity contribution in [3.05, 3.63) is 69.2 Å². The van der Waals surface area contributed by atoms with Crippen LogP contribution in [0, 0.1) is 10.1 Å². The molecule has 0 aliphatic heterocycles. The largest absolute Gasteiger partial charge is 0.278 e. The molecule has 0 aliphatic carbocycles. The van der Waals surface area contributed by atoms with Crippen molar-refractivity contribution in [3.8, 4) is 0 Å². The van der Waals surface area contributed by atoms with Crippen LogP contribution in [0.5, 0.6) is 0 Å². The van der Waals surface area contributed by atoms with Gasteiger partial charge in [0.2, 0.25) is 0 Å². The van der Waals surface area contributed by atoms with E-state index in [0.717, 1.165) is 11.3 Å². The minimum Gasteiger partial charge on any atom is -0.278 e. The highest BCUT2D eigenvalue weighted by atomic mass is 35.5. The highest BCUT2D eigenvalue weighted by Crippen LogP contribution is 2.15. The SMILES string of the molecule is O=[N+]([O-])c1ccc(/C=N/Nc2cccc(Cl)c2)cc1. The summed E-state index contributed by atoms with van der Waals surface area (Å²) in [6.45, 7) is 0. The third kappa shape index (κ3) is 3.79.